The molecule has 0 unspecified atom stereocenters. The van der Waals surface area contributed by atoms with Crippen LogP contribution in [0.2, 0.25) is 0 Å². The van der Waals surface area contributed by atoms with Crippen LogP contribution in [-0.2, 0) is 6.54 Å². The van der Waals surface area contributed by atoms with Crippen LogP contribution < -0.4 is 0 Å². The third kappa shape index (κ3) is 1.65. The minimum Gasteiger partial charge on any atom is -0.241 e. The predicted molar refractivity (Wildman–Crippen MR) is 65.6 cm³/mol. The fraction of sp³-hybridized carbons (Fsp3) is 0.0833. The molecule has 4 nitrogen and oxygen atoms in total. The Bertz CT molecular complexity index is 753. The van der Waals surface area contributed by atoms with E-state index >= 15 is 0 Å². The summed E-state index contributed by atoms with van der Waals surface area (Å²) in [7, 11) is 0. The van der Waals surface area contributed by atoms with Crippen molar-refractivity contribution in [2.45, 2.75) is 6.54 Å². The van der Waals surface area contributed by atoms with Gasteiger partial charge in [0.2, 0.25) is 0 Å². The molecule has 3 aromatic rings. The van der Waals surface area contributed by atoms with E-state index in [0.717, 1.165) is 0 Å². The largest absolute Gasteiger partial charge is 0.241 e. The van der Waals surface area contributed by atoms with Gasteiger partial charge in [0.15, 0.2) is 11.3 Å². The van der Waals surface area contributed by atoms with E-state index in [0.29, 0.717) is 28.1 Å². The van der Waals surface area contributed by atoms with Gasteiger partial charge in [-0.05, 0) is 23.6 Å². The van der Waals surface area contributed by atoms with Crippen LogP contribution in [0.15, 0.2) is 29.8 Å². The molecule has 0 saturated carbocycles. The summed E-state index contributed by atoms with van der Waals surface area (Å²) in [6.45, 7) is 0.290. The first-order valence-corrected chi connectivity index (χ1v) is 6.11. The Labute approximate surface area is 106 Å². The number of pyridine rings is 1. The van der Waals surface area contributed by atoms with Crippen molar-refractivity contribution in [3.8, 4) is 6.07 Å². The zero-order valence-electron chi connectivity index (χ0n) is 9.17. The van der Waals surface area contributed by atoms with Crippen molar-refractivity contribution >= 4 is 22.4 Å². The lowest BCUT2D eigenvalue weighted by atomic mass is 10.3. The number of nitrogens with zero attached hydrogens (tertiary/aromatic N) is 4. The first kappa shape index (κ1) is 10.9. The minimum absolute atomic E-state index is 0.252. The van der Waals surface area contributed by atoms with Gasteiger partial charge in [-0.15, -0.1) is 11.3 Å². The van der Waals surface area contributed by atoms with Crippen molar-refractivity contribution in [1.82, 2.24) is 14.8 Å². The van der Waals surface area contributed by atoms with Gasteiger partial charge < -0.3 is 0 Å². The molecule has 0 saturated heterocycles. The third-order valence-corrected chi connectivity index (χ3v) is 3.48. The van der Waals surface area contributed by atoms with Crippen molar-refractivity contribution in [1.29, 1.82) is 5.26 Å². The lowest BCUT2D eigenvalue weighted by Gasteiger charge is -2.00. The quantitative estimate of drug-likeness (QED) is 0.709. The number of hydrogen-bond donors (Lipinski definition) is 0. The van der Waals surface area contributed by atoms with Crippen LogP contribution in [0.1, 0.15) is 10.6 Å². The van der Waals surface area contributed by atoms with Crippen LogP contribution in [0.5, 0.6) is 0 Å². The molecule has 3 aromatic heterocycles. The molecule has 0 aromatic carbocycles. The summed E-state index contributed by atoms with van der Waals surface area (Å²) in [5.74, 6) is -0.252. The second-order valence-corrected chi connectivity index (χ2v) is 4.69. The first-order chi connectivity index (χ1) is 8.79. The Morgan fingerprint density at radius 2 is 2.33 bits per heavy atom. The van der Waals surface area contributed by atoms with Gasteiger partial charge in [-0.1, -0.05) is 0 Å². The summed E-state index contributed by atoms with van der Waals surface area (Å²) >= 11 is 1.32. The number of halogens is 1. The van der Waals surface area contributed by atoms with Crippen molar-refractivity contribution in [2.75, 3.05) is 0 Å². The fourth-order valence-electron chi connectivity index (χ4n) is 1.78. The monoisotopic (exact) mass is 258 g/mol. The first-order valence-electron chi connectivity index (χ1n) is 5.23. The van der Waals surface area contributed by atoms with E-state index in [9.17, 15) is 4.39 Å². The lowest BCUT2D eigenvalue weighted by molar-refractivity contribution is 0.599. The fourth-order valence-corrected chi connectivity index (χ4v) is 2.51. The van der Waals surface area contributed by atoms with Crippen molar-refractivity contribution in [2.24, 2.45) is 0 Å². The molecular weight excluding hydrogens is 251 g/mol. The molecule has 0 aliphatic carbocycles. The van der Waals surface area contributed by atoms with Crippen LogP contribution in [0, 0.1) is 17.1 Å². The minimum atomic E-state index is -0.252. The number of rotatable bonds is 2. The second kappa shape index (κ2) is 4.20. The van der Waals surface area contributed by atoms with E-state index in [-0.39, 0.29) is 5.82 Å². The average Bonchev–Trinajstić information content (AvgIpc) is 2.95. The molecule has 88 valence electrons. The molecule has 3 heterocycles. The molecule has 3 rings (SSSR count). The molecule has 0 fully saturated rings. The molecule has 0 bridgehead atoms. The number of hydrogen-bond acceptors (Lipinski definition) is 4. The summed E-state index contributed by atoms with van der Waals surface area (Å²) < 4.78 is 15.0. The third-order valence-electron chi connectivity index (χ3n) is 2.60. The smallest absolute Gasteiger partial charge is 0.172 e. The van der Waals surface area contributed by atoms with Gasteiger partial charge in [-0.3, -0.25) is 0 Å². The summed E-state index contributed by atoms with van der Waals surface area (Å²) in [5, 5.41) is 15.5. The standard InChI is InChI=1S/C12H7FN4S/c13-9-3-5-18-11(9)7-17-12-8(2-1-4-15-12)10(6-14)16-17/h1-5H,7H2. The molecule has 6 heteroatoms. The van der Waals surface area contributed by atoms with Crippen LogP contribution in [0.3, 0.4) is 0 Å². The van der Waals surface area contributed by atoms with E-state index < -0.39 is 0 Å². The molecule has 0 aliphatic rings. The maximum absolute atomic E-state index is 13.4. The van der Waals surface area contributed by atoms with Crippen LogP contribution in [0.25, 0.3) is 11.0 Å². The molecule has 0 aliphatic heterocycles. The summed E-state index contributed by atoms with van der Waals surface area (Å²) in [6.07, 6.45) is 1.63. The summed E-state index contributed by atoms with van der Waals surface area (Å²) in [5.41, 5.74) is 0.914. The number of fused-ring (bicyclic) bond motifs is 1. The molecule has 0 atom stereocenters. The van der Waals surface area contributed by atoms with E-state index in [2.05, 4.69) is 10.1 Å². The Balaban J connectivity index is 2.13. The van der Waals surface area contributed by atoms with E-state index in [4.69, 9.17) is 5.26 Å². The van der Waals surface area contributed by atoms with Gasteiger partial charge in [0.25, 0.3) is 0 Å². The Kier molecular flexibility index (Phi) is 2.54. The highest BCUT2D eigenvalue weighted by Crippen LogP contribution is 2.20. The van der Waals surface area contributed by atoms with Gasteiger partial charge in [-0.2, -0.15) is 10.4 Å². The van der Waals surface area contributed by atoms with E-state index in [1.54, 1.807) is 28.4 Å². The topological polar surface area (TPSA) is 54.5 Å². The van der Waals surface area contributed by atoms with Gasteiger partial charge in [0.05, 0.1) is 16.8 Å². The Hall–Kier alpha value is -2.26. The molecule has 0 N–H and O–H groups in total. The average molecular weight is 258 g/mol. The highest BCUT2D eigenvalue weighted by atomic mass is 32.1. The van der Waals surface area contributed by atoms with Gasteiger partial charge in [-0.25, -0.2) is 14.1 Å². The highest BCUT2D eigenvalue weighted by molar-refractivity contribution is 7.09. The van der Waals surface area contributed by atoms with Crippen molar-refractivity contribution < 1.29 is 4.39 Å². The summed E-state index contributed by atoms with van der Waals surface area (Å²) in [4.78, 5) is 4.77. The van der Waals surface area contributed by atoms with Crippen LogP contribution >= 0.6 is 11.3 Å². The maximum Gasteiger partial charge on any atom is 0.172 e. The zero-order chi connectivity index (χ0) is 12.5. The van der Waals surface area contributed by atoms with Crippen LogP contribution in [-0.4, -0.2) is 14.8 Å². The van der Waals surface area contributed by atoms with E-state index in [1.165, 1.54) is 17.4 Å². The van der Waals surface area contributed by atoms with Gasteiger partial charge in [0, 0.05) is 6.20 Å². The molecule has 0 spiro atoms. The molecule has 0 radical (unpaired) electrons. The van der Waals surface area contributed by atoms with Gasteiger partial charge in [0.1, 0.15) is 11.9 Å². The Morgan fingerprint density at radius 3 is 3.06 bits per heavy atom. The van der Waals surface area contributed by atoms with Crippen LogP contribution in [0.4, 0.5) is 4.39 Å². The van der Waals surface area contributed by atoms with Crippen molar-refractivity contribution in [3.05, 3.63) is 46.2 Å². The van der Waals surface area contributed by atoms with Gasteiger partial charge >= 0.3 is 0 Å². The normalized spacial score (nSPS) is 10.7. The number of thiophene rings is 1. The lowest BCUT2D eigenvalue weighted by Crippen LogP contribution is -2.02. The zero-order valence-corrected chi connectivity index (χ0v) is 9.99. The predicted octanol–water partition coefficient (Wildman–Crippen LogP) is 2.55. The molecule has 0 amide bonds. The molecule has 18 heavy (non-hydrogen) atoms. The Morgan fingerprint density at radius 1 is 1.44 bits per heavy atom. The number of nitriles is 1. The van der Waals surface area contributed by atoms with Crippen molar-refractivity contribution in [3.63, 3.8) is 0 Å². The maximum atomic E-state index is 13.4. The summed E-state index contributed by atoms with van der Waals surface area (Å²) in [6, 6.07) is 6.98. The molecular formula is C12H7FN4S. The second-order valence-electron chi connectivity index (χ2n) is 3.68. The van der Waals surface area contributed by atoms with E-state index in [1.807, 2.05) is 6.07 Å². The highest BCUT2D eigenvalue weighted by Gasteiger charge is 2.13. The SMILES string of the molecule is N#Cc1nn(Cc2sccc2F)c2ncccc12. The number of aromatic nitrogens is 3.